The molecule has 100 valence electrons. The van der Waals surface area contributed by atoms with Gasteiger partial charge in [-0.1, -0.05) is 13.8 Å². The number of nitrogen functional groups attached to an aromatic ring is 1. The van der Waals surface area contributed by atoms with Crippen LogP contribution in [-0.2, 0) is 4.74 Å². The lowest BCUT2D eigenvalue weighted by Gasteiger charge is -2.17. The minimum atomic E-state index is -0.450. The summed E-state index contributed by atoms with van der Waals surface area (Å²) in [6, 6.07) is 5.04. The number of carbonyl (C=O) groups is 1. The molecule has 2 N–H and O–H groups in total. The van der Waals surface area contributed by atoms with E-state index < -0.39 is 5.97 Å². The quantitative estimate of drug-likeness (QED) is 0.645. The van der Waals surface area contributed by atoms with E-state index in [1.807, 2.05) is 6.92 Å². The Morgan fingerprint density at radius 1 is 1.33 bits per heavy atom. The molecule has 4 heteroatoms. The summed E-state index contributed by atoms with van der Waals surface area (Å²) < 4.78 is 10.4. The summed E-state index contributed by atoms with van der Waals surface area (Å²) in [4.78, 5) is 11.5. The molecule has 1 unspecified atom stereocenters. The van der Waals surface area contributed by atoms with Crippen LogP contribution < -0.4 is 10.5 Å². The lowest BCUT2D eigenvalue weighted by molar-refractivity contribution is 0.0601. The maximum absolute atomic E-state index is 11.5. The van der Waals surface area contributed by atoms with Crippen LogP contribution in [0.3, 0.4) is 0 Å². The number of anilines is 1. The van der Waals surface area contributed by atoms with Crippen molar-refractivity contribution < 1.29 is 14.3 Å². The highest BCUT2D eigenvalue weighted by Crippen LogP contribution is 2.22. The monoisotopic (exact) mass is 251 g/mol. The lowest BCUT2D eigenvalue weighted by Crippen LogP contribution is -2.15. The summed E-state index contributed by atoms with van der Waals surface area (Å²) in [5.74, 6) is 0.751. The molecule has 0 aliphatic heterocycles. The zero-order valence-electron chi connectivity index (χ0n) is 11.4. The van der Waals surface area contributed by atoms with Crippen molar-refractivity contribution in [2.75, 3.05) is 12.8 Å². The van der Waals surface area contributed by atoms with E-state index in [1.54, 1.807) is 18.2 Å². The van der Waals surface area contributed by atoms with Gasteiger partial charge in [0.1, 0.15) is 5.75 Å². The molecule has 0 aliphatic carbocycles. The Kier molecular flexibility index (Phi) is 5.01. The van der Waals surface area contributed by atoms with E-state index >= 15 is 0 Å². The van der Waals surface area contributed by atoms with E-state index in [0.717, 1.165) is 6.42 Å². The Morgan fingerprint density at radius 3 is 2.56 bits per heavy atom. The minimum absolute atomic E-state index is 0.0964. The average molecular weight is 251 g/mol. The molecule has 1 aromatic carbocycles. The number of methoxy groups -OCH3 is 1. The number of nitrogens with two attached hydrogens (primary N) is 1. The summed E-state index contributed by atoms with van der Waals surface area (Å²) in [6.07, 6.45) is 1.05. The molecule has 0 heterocycles. The molecule has 0 spiro atoms. The van der Waals surface area contributed by atoms with Crippen LogP contribution >= 0.6 is 0 Å². The third-order valence-corrected chi connectivity index (χ3v) is 2.57. The van der Waals surface area contributed by atoms with Gasteiger partial charge in [0.25, 0.3) is 0 Å². The van der Waals surface area contributed by atoms with Gasteiger partial charge >= 0.3 is 5.97 Å². The second kappa shape index (κ2) is 6.28. The summed E-state index contributed by atoms with van der Waals surface area (Å²) in [5.41, 5.74) is 6.45. The average Bonchev–Trinajstić information content (AvgIpc) is 2.29. The van der Waals surface area contributed by atoms with Gasteiger partial charge in [-0.25, -0.2) is 4.79 Å². The van der Waals surface area contributed by atoms with Crippen molar-refractivity contribution in [2.24, 2.45) is 5.92 Å². The molecule has 1 rings (SSSR count). The van der Waals surface area contributed by atoms with Crippen LogP contribution in [0.1, 0.15) is 37.6 Å². The van der Waals surface area contributed by atoms with Crippen LogP contribution in [0.15, 0.2) is 18.2 Å². The largest absolute Gasteiger partial charge is 0.491 e. The van der Waals surface area contributed by atoms with Gasteiger partial charge in [0.15, 0.2) is 0 Å². The smallest absolute Gasteiger partial charge is 0.340 e. The Balaban J connectivity index is 2.82. The molecule has 18 heavy (non-hydrogen) atoms. The molecule has 1 aromatic rings. The first kappa shape index (κ1) is 14.4. The fraction of sp³-hybridized carbons (Fsp3) is 0.500. The van der Waals surface area contributed by atoms with E-state index in [9.17, 15) is 4.79 Å². The maximum Gasteiger partial charge on any atom is 0.340 e. The van der Waals surface area contributed by atoms with E-state index in [0.29, 0.717) is 22.9 Å². The molecule has 1 atom stereocenters. The van der Waals surface area contributed by atoms with E-state index in [-0.39, 0.29) is 6.10 Å². The fourth-order valence-corrected chi connectivity index (χ4v) is 1.84. The second-order valence-electron chi connectivity index (χ2n) is 4.80. The van der Waals surface area contributed by atoms with Gasteiger partial charge in [0.2, 0.25) is 0 Å². The number of rotatable bonds is 5. The van der Waals surface area contributed by atoms with Crippen LogP contribution in [0.25, 0.3) is 0 Å². The van der Waals surface area contributed by atoms with Crippen LogP contribution in [0.4, 0.5) is 5.69 Å². The van der Waals surface area contributed by atoms with Gasteiger partial charge in [-0.15, -0.1) is 0 Å². The Labute approximate surface area is 108 Å². The first-order valence-electron chi connectivity index (χ1n) is 6.08. The van der Waals surface area contributed by atoms with E-state index in [4.69, 9.17) is 10.5 Å². The van der Waals surface area contributed by atoms with E-state index in [2.05, 4.69) is 18.6 Å². The Morgan fingerprint density at radius 2 is 2.00 bits per heavy atom. The van der Waals surface area contributed by atoms with Gasteiger partial charge < -0.3 is 15.2 Å². The molecular formula is C14H21NO3. The summed E-state index contributed by atoms with van der Waals surface area (Å²) >= 11 is 0. The van der Waals surface area contributed by atoms with Gasteiger partial charge in [-0.3, -0.25) is 0 Å². The standard InChI is InChI=1S/C14H21NO3/c1-9(2)7-10(3)18-11-5-6-13(15)12(8-11)14(16)17-4/h5-6,8-10H,7,15H2,1-4H3. The summed E-state index contributed by atoms with van der Waals surface area (Å²) in [5, 5.41) is 0. The number of ether oxygens (including phenoxy) is 2. The van der Waals surface area contributed by atoms with Crippen LogP contribution in [0, 0.1) is 5.92 Å². The van der Waals surface area contributed by atoms with Gasteiger partial charge in [0, 0.05) is 5.69 Å². The molecule has 4 nitrogen and oxygen atoms in total. The molecule has 0 aliphatic rings. The summed E-state index contributed by atoms with van der Waals surface area (Å²) in [6.45, 7) is 6.29. The van der Waals surface area contributed by atoms with Crippen LogP contribution in [0.2, 0.25) is 0 Å². The highest BCUT2D eigenvalue weighted by molar-refractivity contribution is 5.95. The lowest BCUT2D eigenvalue weighted by atomic mass is 10.1. The SMILES string of the molecule is COC(=O)c1cc(OC(C)CC(C)C)ccc1N. The number of carbonyl (C=O) groups excluding carboxylic acids is 1. The summed E-state index contributed by atoms with van der Waals surface area (Å²) in [7, 11) is 1.33. The maximum atomic E-state index is 11.5. The van der Waals surface area contributed by atoms with Gasteiger partial charge in [-0.05, 0) is 37.5 Å². The molecule has 0 radical (unpaired) electrons. The number of benzene rings is 1. The zero-order valence-corrected chi connectivity index (χ0v) is 11.4. The Bertz CT molecular complexity index is 416. The van der Waals surface area contributed by atoms with Crippen molar-refractivity contribution in [2.45, 2.75) is 33.3 Å². The molecule has 0 fully saturated rings. The molecule has 0 saturated carbocycles. The van der Waals surface area contributed by atoms with E-state index in [1.165, 1.54) is 7.11 Å². The first-order chi connectivity index (χ1) is 8.43. The predicted octanol–water partition coefficient (Wildman–Crippen LogP) is 2.87. The first-order valence-corrected chi connectivity index (χ1v) is 6.08. The molecule has 0 saturated heterocycles. The van der Waals surface area contributed by atoms with Crippen molar-refractivity contribution in [3.8, 4) is 5.75 Å². The molecule has 0 aromatic heterocycles. The number of hydrogen-bond acceptors (Lipinski definition) is 4. The normalized spacial score (nSPS) is 12.3. The number of hydrogen-bond donors (Lipinski definition) is 1. The highest BCUT2D eigenvalue weighted by Gasteiger charge is 2.13. The molecule has 0 bridgehead atoms. The highest BCUT2D eigenvalue weighted by atomic mass is 16.5. The second-order valence-corrected chi connectivity index (χ2v) is 4.80. The van der Waals surface area contributed by atoms with Crippen molar-refractivity contribution in [3.63, 3.8) is 0 Å². The number of esters is 1. The Hall–Kier alpha value is -1.71. The van der Waals surface area contributed by atoms with Crippen molar-refractivity contribution in [3.05, 3.63) is 23.8 Å². The van der Waals surface area contributed by atoms with Crippen LogP contribution in [-0.4, -0.2) is 19.2 Å². The van der Waals surface area contributed by atoms with Crippen LogP contribution in [0.5, 0.6) is 5.75 Å². The fourth-order valence-electron chi connectivity index (χ4n) is 1.84. The van der Waals surface area contributed by atoms with Crippen molar-refractivity contribution in [1.82, 2.24) is 0 Å². The topological polar surface area (TPSA) is 61.5 Å². The van der Waals surface area contributed by atoms with Crippen molar-refractivity contribution >= 4 is 11.7 Å². The third-order valence-electron chi connectivity index (χ3n) is 2.57. The predicted molar refractivity (Wildman–Crippen MR) is 71.7 cm³/mol. The van der Waals surface area contributed by atoms with Gasteiger partial charge in [-0.2, -0.15) is 0 Å². The minimum Gasteiger partial charge on any atom is -0.491 e. The molecule has 0 amide bonds. The molecular weight excluding hydrogens is 230 g/mol. The van der Waals surface area contributed by atoms with Crippen molar-refractivity contribution in [1.29, 1.82) is 0 Å². The van der Waals surface area contributed by atoms with Gasteiger partial charge in [0.05, 0.1) is 18.8 Å². The zero-order chi connectivity index (χ0) is 13.7. The third kappa shape index (κ3) is 3.95.